The molecule has 1 amide bonds. The van der Waals surface area contributed by atoms with E-state index >= 15 is 0 Å². The fourth-order valence-corrected chi connectivity index (χ4v) is 2.24. The Balaban J connectivity index is 1.91. The highest BCUT2D eigenvalue weighted by Gasteiger charge is 2.27. The van der Waals surface area contributed by atoms with Crippen molar-refractivity contribution < 1.29 is 19.1 Å². The van der Waals surface area contributed by atoms with E-state index in [1.165, 1.54) is 19.9 Å². The molecule has 2 rings (SSSR count). The average molecular weight is 281 g/mol. The zero-order chi connectivity index (χ0) is 14.0. The van der Waals surface area contributed by atoms with E-state index < -0.39 is 12.1 Å². The van der Waals surface area contributed by atoms with E-state index in [1.54, 1.807) is 6.07 Å². The minimum absolute atomic E-state index is 0.0939. The molecule has 0 spiro atoms. The predicted octanol–water partition coefficient (Wildman–Crippen LogP) is 1.77. The molecule has 1 aliphatic carbocycles. The summed E-state index contributed by atoms with van der Waals surface area (Å²) in [7, 11) is 0. The molecule has 0 bridgehead atoms. The second-order valence-electron chi connectivity index (χ2n) is 4.55. The number of rotatable bonds is 5. The van der Waals surface area contributed by atoms with Crippen molar-refractivity contribution in [2.45, 2.75) is 38.8 Å². The highest BCUT2D eigenvalue weighted by atomic mass is 32.1. The first-order valence-electron chi connectivity index (χ1n) is 6.09. The average Bonchev–Trinajstić information content (AvgIpc) is 3.01. The van der Waals surface area contributed by atoms with E-state index in [0.29, 0.717) is 9.75 Å². The van der Waals surface area contributed by atoms with Gasteiger partial charge in [-0.2, -0.15) is 0 Å². The van der Waals surface area contributed by atoms with Gasteiger partial charge in [0, 0.05) is 6.04 Å². The van der Waals surface area contributed by atoms with Crippen LogP contribution >= 0.6 is 11.3 Å². The fraction of sp³-hybridized carbons (Fsp3) is 0.462. The van der Waals surface area contributed by atoms with Crippen molar-refractivity contribution in [1.29, 1.82) is 0 Å². The number of ketones is 1. The summed E-state index contributed by atoms with van der Waals surface area (Å²) in [5, 5.41) is 2.77. The SMILES string of the molecule is CC(=O)c1ccc(C(=O)OC(C)C(=O)NC2CC2)s1. The van der Waals surface area contributed by atoms with Gasteiger partial charge in [0.1, 0.15) is 4.88 Å². The van der Waals surface area contributed by atoms with Gasteiger partial charge in [-0.15, -0.1) is 11.3 Å². The van der Waals surface area contributed by atoms with Gasteiger partial charge in [0.2, 0.25) is 0 Å². The maximum atomic E-state index is 11.8. The van der Waals surface area contributed by atoms with Crippen molar-refractivity contribution in [3.05, 3.63) is 21.9 Å². The lowest BCUT2D eigenvalue weighted by Gasteiger charge is -2.12. The lowest BCUT2D eigenvalue weighted by Crippen LogP contribution is -2.36. The molecular weight excluding hydrogens is 266 g/mol. The zero-order valence-corrected chi connectivity index (χ0v) is 11.6. The van der Waals surface area contributed by atoms with Crippen LogP contribution in [-0.4, -0.2) is 29.8 Å². The Morgan fingerprint density at radius 2 is 1.95 bits per heavy atom. The Kier molecular flexibility index (Phi) is 3.99. The third-order valence-electron chi connectivity index (χ3n) is 2.73. The Morgan fingerprint density at radius 3 is 2.47 bits per heavy atom. The summed E-state index contributed by atoms with van der Waals surface area (Å²) in [5.41, 5.74) is 0. The van der Waals surface area contributed by atoms with Gasteiger partial charge in [0.15, 0.2) is 11.9 Å². The summed E-state index contributed by atoms with van der Waals surface area (Å²) in [6.45, 7) is 2.97. The molecule has 102 valence electrons. The third-order valence-corrected chi connectivity index (χ3v) is 3.90. The number of carbonyl (C=O) groups is 3. The minimum atomic E-state index is -0.823. The lowest BCUT2D eigenvalue weighted by molar-refractivity contribution is -0.129. The molecule has 0 aliphatic heterocycles. The van der Waals surface area contributed by atoms with Crippen LogP contribution in [0.25, 0.3) is 0 Å². The van der Waals surface area contributed by atoms with Gasteiger partial charge in [-0.3, -0.25) is 9.59 Å². The maximum Gasteiger partial charge on any atom is 0.349 e. The van der Waals surface area contributed by atoms with Crippen molar-refractivity contribution in [2.24, 2.45) is 0 Å². The standard InChI is InChI=1S/C13H15NO4S/c1-7(15)10-5-6-11(19-10)13(17)18-8(2)12(16)14-9-3-4-9/h5-6,8-9H,3-4H2,1-2H3,(H,14,16). The molecule has 1 aliphatic rings. The fourth-order valence-electron chi connectivity index (χ4n) is 1.46. The van der Waals surface area contributed by atoms with E-state index in [1.807, 2.05) is 0 Å². The van der Waals surface area contributed by atoms with Gasteiger partial charge < -0.3 is 10.1 Å². The van der Waals surface area contributed by atoms with E-state index in [9.17, 15) is 14.4 Å². The number of amides is 1. The second kappa shape index (κ2) is 5.52. The smallest absolute Gasteiger partial charge is 0.349 e. The molecule has 0 saturated heterocycles. The number of hydrogen-bond acceptors (Lipinski definition) is 5. The van der Waals surface area contributed by atoms with Crippen LogP contribution in [0.2, 0.25) is 0 Å². The second-order valence-corrected chi connectivity index (χ2v) is 5.63. The number of carbonyl (C=O) groups excluding carboxylic acids is 3. The number of esters is 1. The van der Waals surface area contributed by atoms with Crippen molar-refractivity contribution in [2.75, 3.05) is 0 Å². The third kappa shape index (κ3) is 3.64. The molecular formula is C13H15NO4S. The first kappa shape index (κ1) is 13.7. The Labute approximate surface area is 114 Å². The Bertz CT molecular complexity index is 518. The van der Waals surface area contributed by atoms with Crippen molar-refractivity contribution >= 4 is 29.0 Å². The molecule has 1 saturated carbocycles. The number of Topliss-reactive ketones (excluding diaryl/α,β-unsaturated/α-hetero) is 1. The number of nitrogens with one attached hydrogen (secondary N) is 1. The van der Waals surface area contributed by atoms with Crippen LogP contribution in [0.4, 0.5) is 0 Å². The van der Waals surface area contributed by atoms with Crippen LogP contribution in [0, 0.1) is 0 Å². The minimum Gasteiger partial charge on any atom is -0.448 e. The van der Waals surface area contributed by atoms with Gasteiger partial charge in [-0.25, -0.2) is 4.79 Å². The van der Waals surface area contributed by atoms with Gasteiger partial charge in [-0.1, -0.05) is 0 Å². The zero-order valence-electron chi connectivity index (χ0n) is 10.8. The maximum absolute atomic E-state index is 11.8. The monoisotopic (exact) mass is 281 g/mol. The molecule has 1 unspecified atom stereocenters. The topological polar surface area (TPSA) is 72.5 Å². The summed E-state index contributed by atoms with van der Waals surface area (Å²) < 4.78 is 5.07. The van der Waals surface area contributed by atoms with Crippen molar-refractivity contribution in [1.82, 2.24) is 5.32 Å². The summed E-state index contributed by atoms with van der Waals surface area (Å²) in [4.78, 5) is 35.4. The largest absolute Gasteiger partial charge is 0.448 e. The molecule has 1 aromatic rings. The number of ether oxygens (including phenoxy) is 1. The van der Waals surface area contributed by atoms with Crippen LogP contribution in [-0.2, 0) is 9.53 Å². The van der Waals surface area contributed by atoms with E-state index in [2.05, 4.69) is 5.32 Å². The summed E-state index contributed by atoms with van der Waals surface area (Å²) in [5.74, 6) is -0.946. The molecule has 5 nitrogen and oxygen atoms in total. The molecule has 1 heterocycles. The molecule has 0 radical (unpaired) electrons. The molecule has 6 heteroatoms. The van der Waals surface area contributed by atoms with Crippen molar-refractivity contribution in [3.63, 3.8) is 0 Å². The van der Waals surface area contributed by atoms with Gasteiger partial charge in [0.25, 0.3) is 5.91 Å². The Morgan fingerprint density at radius 1 is 1.32 bits per heavy atom. The van der Waals surface area contributed by atoms with Crippen LogP contribution in [0.15, 0.2) is 12.1 Å². The first-order valence-corrected chi connectivity index (χ1v) is 6.91. The molecule has 1 fully saturated rings. The number of thiophene rings is 1. The van der Waals surface area contributed by atoms with Crippen LogP contribution in [0.3, 0.4) is 0 Å². The predicted molar refractivity (Wildman–Crippen MR) is 70.4 cm³/mol. The van der Waals surface area contributed by atoms with E-state index in [4.69, 9.17) is 4.74 Å². The number of hydrogen-bond donors (Lipinski definition) is 1. The van der Waals surface area contributed by atoms with Crippen LogP contribution in [0.5, 0.6) is 0 Å². The van der Waals surface area contributed by atoms with Gasteiger partial charge >= 0.3 is 5.97 Å². The van der Waals surface area contributed by atoms with Gasteiger partial charge in [-0.05, 0) is 38.8 Å². The Hall–Kier alpha value is -1.69. The van der Waals surface area contributed by atoms with Crippen LogP contribution in [0.1, 0.15) is 46.0 Å². The summed E-state index contributed by atoms with van der Waals surface area (Å²) >= 11 is 1.07. The first-order chi connectivity index (χ1) is 8.97. The molecule has 1 N–H and O–H groups in total. The van der Waals surface area contributed by atoms with Gasteiger partial charge in [0.05, 0.1) is 4.88 Å². The highest BCUT2D eigenvalue weighted by Crippen LogP contribution is 2.20. The molecule has 1 aromatic heterocycles. The van der Waals surface area contributed by atoms with E-state index in [-0.39, 0.29) is 17.7 Å². The normalized spacial score (nSPS) is 15.7. The summed E-state index contributed by atoms with van der Waals surface area (Å²) in [6, 6.07) is 3.35. The lowest BCUT2D eigenvalue weighted by atomic mass is 10.3. The van der Waals surface area contributed by atoms with E-state index in [0.717, 1.165) is 24.2 Å². The highest BCUT2D eigenvalue weighted by molar-refractivity contribution is 7.15. The summed E-state index contributed by atoms with van der Waals surface area (Å²) in [6.07, 6.45) is 1.15. The molecule has 1 atom stereocenters. The van der Waals surface area contributed by atoms with Crippen LogP contribution < -0.4 is 5.32 Å². The quantitative estimate of drug-likeness (QED) is 0.659. The van der Waals surface area contributed by atoms with Crippen molar-refractivity contribution in [3.8, 4) is 0 Å². The molecule has 0 aromatic carbocycles. The molecule has 19 heavy (non-hydrogen) atoms.